The summed E-state index contributed by atoms with van der Waals surface area (Å²) in [7, 11) is 3.21. The first-order chi connectivity index (χ1) is 13.1. The summed E-state index contributed by atoms with van der Waals surface area (Å²) in [6, 6.07) is 13.3. The van der Waals surface area contributed by atoms with Gasteiger partial charge in [-0.3, -0.25) is 0 Å². The molecule has 2 heterocycles. The quantitative estimate of drug-likeness (QED) is 0.541. The molecule has 0 atom stereocenters. The van der Waals surface area contributed by atoms with Crippen LogP contribution in [0.15, 0.2) is 55.0 Å². The molecule has 4 aromatic rings. The molecule has 0 radical (unpaired) electrons. The normalized spacial score (nSPS) is 10.9. The minimum absolute atomic E-state index is 0.422. The number of methoxy groups -OCH3 is 2. The third-order valence-corrected chi connectivity index (χ3v) is 4.48. The van der Waals surface area contributed by atoms with Crippen LogP contribution in [-0.4, -0.2) is 28.8 Å². The Balaban J connectivity index is 1.97. The summed E-state index contributed by atoms with van der Waals surface area (Å²) < 4.78 is 12.7. The Morgan fingerprint density at radius 2 is 1.63 bits per heavy atom. The van der Waals surface area contributed by atoms with E-state index >= 15 is 0 Å². The lowest BCUT2D eigenvalue weighted by Gasteiger charge is -2.10. The zero-order valence-electron chi connectivity index (χ0n) is 15.0. The van der Waals surface area contributed by atoms with E-state index in [-0.39, 0.29) is 0 Å². The van der Waals surface area contributed by atoms with Gasteiger partial charge in [0.2, 0.25) is 0 Å². The highest BCUT2D eigenvalue weighted by atomic mass is 16.5. The zero-order valence-corrected chi connectivity index (χ0v) is 15.0. The van der Waals surface area contributed by atoms with Crippen molar-refractivity contribution in [3.63, 3.8) is 0 Å². The fraction of sp³-hybridized carbons (Fsp3) is 0.100. The highest BCUT2D eigenvalue weighted by Gasteiger charge is 2.17. The van der Waals surface area contributed by atoms with Crippen molar-refractivity contribution in [3.05, 3.63) is 55.0 Å². The first-order valence-electron chi connectivity index (χ1n) is 8.32. The summed E-state index contributed by atoms with van der Waals surface area (Å²) in [5.41, 5.74) is 16.2. The number of aromatic nitrogens is 3. The number of benzene rings is 2. The van der Waals surface area contributed by atoms with Crippen LogP contribution in [0.3, 0.4) is 0 Å². The number of ether oxygens (including phenoxy) is 2. The largest absolute Gasteiger partial charge is 0.493 e. The summed E-state index contributed by atoms with van der Waals surface area (Å²) in [6.07, 6.45) is 3.45. The van der Waals surface area contributed by atoms with Crippen molar-refractivity contribution in [2.45, 2.75) is 0 Å². The molecule has 0 saturated heterocycles. The Hall–Kier alpha value is -3.74. The maximum atomic E-state index is 6.18. The fourth-order valence-corrected chi connectivity index (χ4v) is 3.14. The molecule has 0 amide bonds. The maximum Gasteiger partial charge on any atom is 0.162 e. The number of fused-ring (bicyclic) bond motifs is 1. The van der Waals surface area contributed by atoms with Gasteiger partial charge >= 0.3 is 0 Å². The lowest BCUT2D eigenvalue weighted by Crippen LogP contribution is -1.98. The Bertz CT molecular complexity index is 1120. The van der Waals surface area contributed by atoms with E-state index in [9.17, 15) is 0 Å². The van der Waals surface area contributed by atoms with E-state index < -0.39 is 0 Å². The standard InChI is InChI=1S/C20H19N5O2/c1-26-16-8-7-14(9-17(16)27-2)25-10-15(12-3-5-13(21)6-4-12)18-19(22)23-11-24-20(18)25/h3-11H,21H2,1-2H3,(H2,22,23,24). The van der Waals surface area contributed by atoms with E-state index in [0.29, 0.717) is 28.7 Å². The topological polar surface area (TPSA) is 101 Å². The van der Waals surface area contributed by atoms with Gasteiger partial charge in [0.1, 0.15) is 12.1 Å². The second kappa shape index (κ2) is 6.53. The second-order valence-corrected chi connectivity index (χ2v) is 6.03. The summed E-state index contributed by atoms with van der Waals surface area (Å²) >= 11 is 0. The molecule has 0 fully saturated rings. The molecule has 0 aliphatic carbocycles. The van der Waals surface area contributed by atoms with Gasteiger partial charge < -0.3 is 25.5 Å². The third-order valence-electron chi connectivity index (χ3n) is 4.48. The molecule has 0 unspecified atom stereocenters. The SMILES string of the molecule is COc1ccc(-n2cc(-c3ccc(N)cc3)c3c(N)ncnc32)cc1OC. The van der Waals surface area contributed by atoms with Crippen molar-refractivity contribution >= 4 is 22.5 Å². The number of nitrogen functional groups attached to an aromatic ring is 2. The molecular formula is C20H19N5O2. The third kappa shape index (κ3) is 2.79. The first kappa shape index (κ1) is 16.7. The van der Waals surface area contributed by atoms with E-state index in [1.165, 1.54) is 6.33 Å². The average Bonchev–Trinajstić information content (AvgIpc) is 3.09. The van der Waals surface area contributed by atoms with Gasteiger partial charge in [0.05, 0.1) is 25.3 Å². The molecule has 4 N–H and O–H groups in total. The van der Waals surface area contributed by atoms with Crippen molar-refractivity contribution in [2.24, 2.45) is 0 Å². The van der Waals surface area contributed by atoms with E-state index in [4.69, 9.17) is 20.9 Å². The highest BCUT2D eigenvalue weighted by Crippen LogP contribution is 2.36. The smallest absolute Gasteiger partial charge is 0.162 e. The predicted octanol–water partition coefficient (Wildman–Crippen LogP) is 3.27. The number of hydrogen-bond acceptors (Lipinski definition) is 6. The van der Waals surface area contributed by atoms with Crippen molar-refractivity contribution < 1.29 is 9.47 Å². The van der Waals surface area contributed by atoms with Crippen molar-refractivity contribution in [2.75, 3.05) is 25.7 Å². The van der Waals surface area contributed by atoms with Gasteiger partial charge in [0.25, 0.3) is 0 Å². The van der Waals surface area contributed by atoms with Gasteiger partial charge in [-0.15, -0.1) is 0 Å². The van der Waals surface area contributed by atoms with E-state index in [2.05, 4.69) is 9.97 Å². The van der Waals surface area contributed by atoms with Crippen LogP contribution in [0.2, 0.25) is 0 Å². The van der Waals surface area contributed by atoms with Crippen LogP contribution in [0.1, 0.15) is 0 Å². The first-order valence-corrected chi connectivity index (χ1v) is 8.32. The molecule has 2 aromatic heterocycles. The van der Waals surface area contributed by atoms with Crippen LogP contribution >= 0.6 is 0 Å². The lowest BCUT2D eigenvalue weighted by molar-refractivity contribution is 0.355. The highest BCUT2D eigenvalue weighted by molar-refractivity contribution is 6.01. The molecule has 4 rings (SSSR count). The van der Waals surface area contributed by atoms with E-state index in [1.807, 2.05) is 53.2 Å². The van der Waals surface area contributed by atoms with Crippen LogP contribution in [0.25, 0.3) is 27.8 Å². The Morgan fingerprint density at radius 1 is 0.889 bits per heavy atom. The predicted molar refractivity (Wildman–Crippen MR) is 106 cm³/mol. The molecule has 0 aliphatic rings. The van der Waals surface area contributed by atoms with Gasteiger partial charge in [-0.2, -0.15) is 0 Å². The zero-order chi connectivity index (χ0) is 19.0. The van der Waals surface area contributed by atoms with Crippen LogP contribution < -0.4 is 20.9 Å². The van der Waals surface area contributed by atoms with E-state index in [0.717, 1.165) is 22.2 Å². The molecule has 0 aliphatic heterocycles. The number of nitrogens with two attached hydrogens (primary N) is 2. The lowest BCUT2D eigenvalue weighted by atomic mass is 10.1. The molecule has 136 valence electrons. The molecule has 2 aromatic carbocycles. The van der Waals surface area contributed by atoms with Crippen molar-refractivity contribution in [1.82, 2.24) is 14.5 Å². The molecule has 0 spiro atoms. The van der Waals surface area contributed by atoms with Crippen LogP contribution in [-0.2, 0) is 0 Å². The Morgan fingerprint density at radius 3 is 2.33 bits per heavy atom. The fourth-order valence-electron chi connectivity index (χ4n) is 3.14. The van der Waals surface area contributed by atoms with Gasteiger partial charge in [0, 0.05) is 23.5 Å². The maximum absolute atomic E-state index is 6.18. The summed E-state index contributed by atoms with van der Waals surface area (Å²) in [6.45, 7) is 0. The Kier molecular flexibility index (Phi) is 4.04. The number of nitrogens with zero attached hydrogens (tertiary/aromatic N) is 3. The molecule has 27 heavy (non-hydrogen) atoms. The van der Waals surface area contributed by atoms with Crippen molar-refractivity contribution in [3.8, 4) is 28.3 Å². The summed E-state index contributed by atoms with van der Waals surface area (Å²) in [5.74, 6) is 1.71. The number of rotatable bonds is 4. The summed E-state index contributed by atoms with van der Waals surface area (Å²) in [4.78, 5) is 8.62. The van der Waals surface area contributed by atoms with E-state index in [1.54, 1.807) is 14.2 Å². The minimum Gasteiger partial charge on any atom is -0.493 e. The number of anilines is 2. The number of hydrogen-bond donors (Lipinski definition) is 2. The molecule has 7 heteroatoms. The van der Waals surface area contributed by atoms with Gasteiger partial charge in [-0.05, 0) is 29.8 Å². The monoisotopic (exact) mass is 361 g/mol. The van der Waals surface area contributed by atoms with Crippen molar-refractivity contribution in [1.29, 1.82) is 0 Å². The molecule has 0 saturated carbocycles. The Labute approximate surface area is 156 Å². The van der Waals surface area contributed by atoms with Gasteiger partial charge in [0.15, 0.2) is 17.1 Å². The molecule has 7 nitrogen and oxygen atoms in total. The van der Waals surface area contributed by atoms with Crippen LogP contribution in [0, 0.1) is 0 Å². The second-order valence-electron chi connectivity index (χ2n) is 6.03. The molecular weight excluding hydrogens is 342 g/mol. The van der Waals surface area contributed by atoms with Crippen LogP contribution in [0.5, 0.6) is 11.5 Å². The van der Waals surface area contributed by atoms with Gasteiger partial charge in [-0.1, -0.05) is 12.1 Å². The van der Waals surface area contributed by atoms with Crippen LogP contribution in [0.4, 0.5) is 11.5 Å². The summed E-state index contributed by atoms with van der Waals surface area (Å²) in [5, 5.41) is 0.789. The van der Waals surface area contributed by atoms with Gasteiger partial charge in [-0.25, -0.2) is 9.97 Å². The average molecular weight is 361 g/mol. The molecule has 0 bridgehead atoms. The minimum atomic E-state index is 0.422.